The maximum Gasteiger partial charge on any atom is 0.205 e. The van der Waals surface area contributed by atoms with Gasteiger partial charge in [-0.25, -0.2) is 0 Å². The maximum absolute atomic E-state index is 4.25. The highest BCUT2D eigenvalue weighted by Gasteiger charge is 2.13. The van der Waals surface area contributed by atoms with Crippen molar-refractivity contribution in [2.24, 2.45) is 11.8 Å². The second-order valence-electron chi connectivity index (χ2n) is 5.51. The molecule has 0 amide bonds. The summed E-state index contributed by atoms with van der Waals surface area (Å²) in [4.78, 5) is 2.48. The molecule has 0 radical (unpaired) electrons. The van der Waals surface area contributed by atoms with E-state index < -0.39 is 0 Å². The van der Waals surface area contributed by atoms with E-state index in [9.17, 15) is 0 Å². The molecule has 1 rings (SSSR count). The van der Waals surface area contributed by atoms with Crippen LogP contribution in [0.3, 0.4) is 0 Å². The third-order valence-corrected chi connectivity index (χ3v) is 3.27. The summed E-state index contributed by atoms with van der Waals surface area (Å²) in [5, 5.41) is 13.6. The maximum atomic E-state index is 4.25. The molecule has 0 unspecified atom stereocenters. The van der Waals surface area contributed by atoms with E-state index >= 15 is 0 Å². The number of hydrogen-bond donors (Lipinski definition) is 1. The Hall–Kier alpha value is -0.680. The minimum atomic E-state index is 0.685. The van der Waals surface area contributed by atoms with Crippen LogP contribution in [-0.2, 0) is 6.54 Å². The number of hydrogen-bond acceptors (Lipinski definition) is 5. The monoisotopic (exact) mass is 270 g/mol. The van der Waals surface area contributed by atoms with Crippen molar-refractivity contribution in [3.63, 3.8) is 0 Å². The van der Waals surface area contributed by atoms with Gasteiger partial charge in [-0.1, -0.05) is 39.0 Å². The van der Waals surface area contributed by atoms with Crippen molar-refractivity contribution in [2.75, 3.05) is 25.0 Å². The molecule has 0 aliphatic carbocycles. The Morgan fingerprint density at radius 2 is 1.72 bits per heavy atom. The van der Waals surface area contributed by atoms with E-state index in [0.29, 0.717) is 11.8 Å². The van der Waals surface area contributed by atoms with Crippen molar-refractivity contribution < 1.29 is 0 Å². The molecule has 4 nitrogen and oxygen atoms in total. The number of aromatic nitrogens is 2. The molecule has 0 saturated carbocycles. The molecule has 18 heavy (non-hydrogen) atoms. The van der Waals surface area contributed by atoms with Crippen LogP contribution in [-0.4, -0.2) is 34.7 Å². The van der Waals surface area contributed by atoms with Gasteiger partial charge in [0.2, 0.25) is 5.13 Å². The van der Waals surface area contributed by atoms with Crippen LogP contribution in [0.25, 0.3) is 0 Å². The molecule has 0 saturated heterocycles. The highest BCUT2D eigenvalue weighted by atomic mass is 32.1. The summed E-state index contributed by atoms with van der Waals surface area (Å²) in [6.45, 7) is 15.2. The summed E-state index contributed by atoms with van der Waals surface area (Å²) >= 11 is 1.66. The van der Waals surface area contributed by atoms with Crippen molar-refractivity contribution in [3.8, 4) is 0 Å². The van der Waals surface area contributed by atoms with Crippen LogP contribution in [0.5, 0.6) is 0 Å². The van der Waals surface area contributed by atoms with Gasteiger partial charge in [-0.15, -0.1) is 10.2 Å². The Morgan fingerprint density at radius 1 is 1.11 bits per heavy atom. The summed E-state index contributed by atoms with van der Waals surface area (Å²) in [6, 6.07) is 0. The van der Waals surface area contributed by atoms with Crippen molar-refractivity contribution >= 4 is 16.5 Å². The van der Waals surface area contributed by atoms with Crippen molar-refractivity contribution in [1.29, 1.82) is 0 Å². The molecule has 0 bridgehead atoms. The zero-order chi connectivity index (χ0) is 13.5. The Labute approximate surface area is 115 Å². The highest BCUT2D eigenvalue weighted by Crippen LogP contribution is 2.17. The lowest BCUT2D eigenvalue weighted by Gasteiger charge is -2.24. The van der Waals surface area contributed by atoms with Crippen LogP contribution >= 0.6 is 11.3 Å². The molecule has 1 aromatic heterocycles. The predicted molar refractivity (Wildman–Crippen MR) is 79.0 cm³/mol. The number of nitrogens with zero attached hydrogens (tertiary/aromatic N) is 3. The Balaban J connectivity index is 2.57. The van der Waals surface area contributed by atoms with Gasteiger partial charge in [-0.2, -0.15) is 0 Å². The summed E-state index contributed by atoms with van der Waals surface area (Å²) < 4.78 is 0. The quantitative estimate of drug-likeness (QED) is 0.788. The zero-order valence-electron chi connectivity index (χ0n) is 12.2. The van der Waals surface area contributed by atoms with Gasteiger partial charge in [-0.3, -0.25) is 4.90 Å². The van der Waals surface area contributed by atoms with Gasteiger partial charge in [-0.05, 0) is 18.8 Å². The zero-order valence-corrected chi connectivity index (χ0v) is 13.0. The molecule has 0 aliphatic rings. The molecule has 0 atom stereocenters. The van der Waals surface area contributed by atoms with E-state index in [2.05, 4.69) is 55.0 Å². The van der Waals surface area contributed by atoms with Crippen LogP contribution in [0.2, 0.25) is 0 Å². The highest BCUT2D eigenvalue weighted by molar-refractivity contribution is 7.15. The predicted octanol–water partition coefficient (Wildman–Crippen LogP) is 3.08. The topological polar surface area (TPSA) is 41.1 Å². The Bertz CT molecular complexity index is 325. The first-order chi connectivity index (χ1) is 8.51. The van der Waals surface area contributed by atoms with E-state index in [1.165, 1.54) is 0 Å². The smallest absolute Gasteiger partial charge is 0.205 e. The van der Waals surface area contributed by atoms with Gasteiger partial charge in [0.1, 0.15) is 5.01 Å². The SMILES string of the molecule is CCNc1nnc(CN(CC(C)C)CC(C)C)s1. The third-order valence-electron chi connectivity index (χ3n) is 2.40. The van der Waals surface area contributed by atoms with Crippen LogP contribution in [0.4, 0.5) is 5.13 Å². The van der Waals surface area contributed by atoms with E-state index in [0.717, 1.165) is 36.3 Å². The summed E-state index contributed by atoms with van der Waals surface area (Å²) in [6.07, 6.45) is 0. The third kappa shape index (κ3) is 5.78. The van der Waals surface area contributed by atoms with Crippen LogP contribution in [0.1, 0.15) is 39.6 Å². The van der Waals surface area contributed by atoms with E-state index in [4.69, 9.17) is 0 Å². The molecule has 1 heterocycles. The first kappa shape index (κ1) is 15.4. The lowest BCUT2D eigenvalue weighted by molar-refractivity contribution is 0.211. The van der Waals surface area contributed by atoms with Crippen molar-refractivity contribution in [2.45, 2.75) is 41.2 Å². The fourth-order valence-corrected chi connectivity index (χ4v) is 2.82. The summed E-state index contributed by atoms with van der Waals surface area (Å²) in [5.74, 6) is 1.37. The standard InChI is InChI=1S/C13H26N4S/c1-6-14-13-16-15-12(18-13)9-17(7-10(2)3)8-11(4)5/h10-11H,6-9H2,1-5H3,(H,14,16). The first-order valence-corrected chi connectivity index (χ1v) is 7.61. The summed E-state index contributed by atoms with van der Waals surface area (Å²) in [5.41, 5.74) is 0. The first-order valence-electron chi connectivity index (χ1n) is 6.79. The normalized spacial score (nSPS) is 11.8. The molecule has 1 aromatic rings. The molecule has 0 aliphatic heterocycles. The van der Waals surface area contributed by atoms with Gasteiger partial charge in [0.15, 0.2) is 0 Å². The van der Waals surface area contributed by atoms with Crippen LogP contribution in [0, 0.1) is 11.8 Å². The molecule has 104 valence electrons. The van der Waals surface area contributed by atoms with Gasteiger partial charge in [0, 0.05) is 19.6 Å². The fraction of sp³-hybridized carbons (Fsp3) is 0.846. The molecular formula is C13H26N4S. The van der Waals surface area contributed by atoms with Crippen molar-refractivity contribution in [1.82, 2.24) is 15.1 Å². The van der Waals surface area contributed by atoms with Crippen LogP contribution in [0.15, 0.2) is 0 Å². The minimum Gasteiger partial charge on any atom is -0.360 e. The number of nitrogens with one attached hydrogen (secondary N) is 1. The van der Waals surface area contributed by atoms with Crippen LogP contribution < -0.4 is 5.32 Å². The second kappa shape index (κ2) is 7.69. The van der Waals surface area contributed by atoms with E-state index in [-0.39, 0.29) is 0 Å². The number of rotatable bonds is 8. The van der Waals surface area contributed by atoms with E-state index in [1.807, 2.05) is 0 Å². The average molecular weight is 270 g/mol. The Kier molecular flexibility index (Phi) is 6.57. The van der Waals surface area contributed by atoms with Gasteiger partial charge in [0.05, 0.1) is 6.54 Å². The van der Waals surface area contributed by atoms with Gasteiger partial charge >= 0.3 is 0 Å². The molecule has 5 heteroatoms. The fourth-order valence-electron chi connectivity index (χ4n) is 1.97. The molecule has 0 spiro atoms. The lowest BCUT2D eigenvalue weighted by Crippen LogP contribution is -2.30. The second-order valence-corrected chi connectivity index (χ2v) is 6.58. The molecular weight excluding hydrogens is 244 g/mol. The number of anilines is 1. The molecule has 1 N–H and O–H groups in total. The summed E-state index contributed by atoms with van der Waals surface area (Å²) in [7, 11) is 0. The average Bonchev–Trinajstić information content (AvgIpc) is 2.64. The van der Waals surface area contributed by atoms with Gasteiger partial charge in [0.25, 0.3) is 0 Å². The van der Waals surface area contributed by atoms with Crippen molar-refractivity contribution in [3.05, 3.63) is 5.01 Å². The molecule has 0 aromatic carbocycles. The molecule has 0 fully saturated rings. The van der Waals surface area contributed by atoms with E-state index in [1.54, 1.807) is 11.3 Å². The Morgan fingerprint density at radius 3 is 2.22 bits per heavy atom. The lowest BCUT2D eigenvalue weighted by atomic mass is 10.1. The van der Waals surface area contributed by atoms with Gasteiger partial charge < -0.3 is 5.32 Å². The largest absolute Gasteiger partial charge is 0.360 e. The minimum absolute atomic E-state index is 0.685.